The van der Waals surface area contributed by atoms with E-state index in [0.29, 0.717) is 17.2 Å². The van der Waals surface area contributed by atoms with Crippen LogP contribution in [0.25, 0.3) is 0 Å². The third-order valence-corrected chi connectivity index (χ3v) is 3.26. The zero-order valence-electron chi connectivity index (χ0n) is 13.2. The van der Waals surface area contributed by atoms with Gasteiger partial charge in [0, 0.05) is 6.20 Å². The number of esters is 1. The summed E-state index contributed by atoms with van der Waals surface area (Å²) in [6.45, 7) is 4.19. The molecule has 0 N–H and O–H groups in total. The van der Waals surface area contributed by atoms with Gasteiger partial charge in [-0.25, -0.2) is 4.79 Å². The highest BCUT2D eigenvalue weighted by Gasteiger charge is 2.20. The van der Waals surface area contributed by atoms with Crippen molar-refractivity contribution in [2.24, 2.45) is 5.92 Å². The Labute approximate surface area is 131 Å². The second-order valence-electron chi connectivity index (χ2n) is 5.51. The van der Waals surface area contributed by atoms with E-state index in [-0.39, 0.29) is 12.1 Å². The molecule has 116 valence electrons. The quantitative estimate of drug-likeness (QED) is 0.755. The van der Waals surface area contributed by atoms with Gasteiger partial charge in [0.1, 0.15) is 11.9 Å². The second kappa shape index (κ2) is 7.59. The Hall–Kier alpha value is -2.36. The summed E-state index contributed by atoms with van der Waals surface area (Å²) in [5.74, 6) is 0.660. The molecule has 0 spiro atoms. The van der Waals surface area contributed by atoms with Crippen molar-refractivity contribution in [3.05, 3.63) is 59.9 Å². The van der Waals surface area contributed by atoms with Crippen LogP contribution in [0.1, 0.15) is 42.4 Å². The summed E-state index contributed by atoms with van der Waals surface area (Å²) in [5.41, 5.74) is 1.25. The number of carbonyl (C=O) groups excluding carboxylic acids is 1. The summed E-state index contributed by atoms with van der Waals surface area (Å²) >= 11 is 0. The third kappa shape index (κ3) is 4.32. The molecule has 0 unspecified atom stereocenters. The Morgan fingerprint density at radius 1 is 1.18 bits per heavy atom. The Kier molecular flexibility index (Phi) is 5.53. The summed E-state index contributed by atoms with van der Waals surface area (Å²) in [5, 5.41) is 0. The maximum Gasteiger partial charge on any atom is 0.338 e. The van der Waals surface area contributed by atoms with Crippen molar-refractivity contribution in [3.8, 4) is 5.75 Å². The van der Waals surface area contributed by atoms with Crippen LogP contribution in [0.2, 0.25) is 0 Å². The van der Waals surface area contributed by atoms with Gasteiger partial charge in [-0.15, -0.1) is 0 Å². The van der Waals surface area contributed by atoms with Gasteiger partial charge in [-0.2, -0.15) is 0 Å². The Balaban J connectivity index is 2.17. The van der Waals surface area contributed by atoms with Crippen LogP contribution in [0.15, 0.2) is 48.7 Å². The fraction of sp³-hybridized carbons (Fsp3) is 0.333. The van der Waals surface area contributed by atoms with Crippen molar-refractivity contribution in [2.75, 3.05) is 7.11 Å². The highest BCUT2D eigenvalue weighted by atomic mass is 16.5. The molecule has 4 heteroatoms. The van der Waals surface area contributed by atoms with Gasteiger partial charge in [0.2, 0.25) is 0 Å². The SMILES string of the molecule is COc1cccc(C(=O)O[C@H](CC(C)C)c2ccccn2)c1. The predicted octanol–water partition coefficient (Wildman–Crippen LogP) is 4.03. The molecule has 0 saturated heterocycles. The van der Waals surface area contributed by atoms with Crippen molar-refractivity contribution in [1.82, 2.24) is 4.98 Å². The fourth-order valence-electron chi connectivity index (χ4n) is 2.17. The second-order valence-corrected chi connectivity index (χ2v) is 5.51. The molecule has 0 saturated carbocycles. The molecule has 2 rings (SSSR count). The normalized spacial score (nSPS) is 12.0. The summed E-state index contributed by atoms with van der Waals surface area (Å²) in [6.07, 6.45) is 2.09. The van der Waals surface area contributed by atoms with E-state index in [1.54, 1.807) is 37.6 Å². The molecule has 1 aromatic carbocycles. The average molecular weight is 299 g/mol. The van der Waals surface area contributed by atoms with Crippen molar-refractivity contribution >= 4 is 5.97 Å². The van der Waals surface area contributed by atoms with Crippen molar-refractivity contribution < 1.29 is 14.3 Å². The third-order valence-electron chi connectivity index (χ3n) is 3.26. The van der Waals surface area contributed by atoms with E-state index >= 15 is 0 Å². The van der Waals surface area contributed by atoms with Crippen LogP contribution >= 0.6 is 0 Å². The molecule has 0 amide bonds. The highest BCUT2D eigenvalue weighted by molar-refractivity contribution is 5.90. The number of carbonyl (C=O) groups is 1. The number of pyridine rings is 1. The van der Waals surface area contributed by atoms with Gasteiger partial charge < -0.3 is 9.47 Å². The van der Waals surface area contributed by atoms with Gasteiger partial charge in [0.05, 0.1) is 18.4 Å². The lowest BCUT2D eigenvalue weighted by atomic mass is 10.0. The van der Waals surface area contributed by atoms with Gasteiger partial charge in [-0.1, -0.05) is 26.0 Å². The van der Waals surface area contributed by atoms with Gasteiger partial charge in [-0.05, 0) is 42.7 Å². The maximum absolute atomic E-state index is 12.4. The number of ether oxygens (including phenoxy) is 2. The zero-order valence-corrected chi connectivity index (χ0v) is 13.2. The first-order valence-corrected chi connectivity index (χ1v) is 7.36. The van der Waals surface area contributed by atoms with Crippen LogP contribution in [0.3, 0.4) is 0 Å². The minimum absolute atomic E-state index is 0.347. The number of benzene rings is 1. The van der Waals surface area contributed by atoms with E-state index in [1.165, 1.54) is 0 Å². The number of nitrogens with zero attached hydrogens (tertiary/aromatic N) is 1. The first-order valence-electron chi connectivity index (χ1n) is 7.36. The van der Waals surface area contributed by atoms with Gasteiger partial charge >= 0.3 is 5.97 Å². The van der Waals surface area contributed by atoms with Crippen molar-refractivity contribution in [1.29, 1.82) is 0 Å². The lowest BCUT2D eigenvalue weighted by Gasteiger charge is -2.19. The molecule has 1 aromatic heterocycles. The van der Waals surface area contributed by atoms with Crippen LogP contribution in [-0.4, -0.2) is 18.1 Å². The standard InChI is InChI=1S/C18H21NO3/c1-13(2)11-17(16-9-4-5-10-19-16)22-18(20)14-7-6-8-15(12-14)21-3/h4-10,12-13,17H,11H2,1-3H3/t17-/m1/s1. The number of aromatic nitrogens is 1. The lowest BCUT2D eigenvalue weighted by molar-refractivity contribution is 0.0236. The first-order chi connectivity index (χ1) is 10.6. The molecular formula is C18H21NO3. The van der Waals surface area contributed by atoms with Gasteiger partial charge in [0.25, 0.3) is 0 Å². The molecule has 1 atom stereocenters. The Morgan fingerprint density at radius 2 is 2.00 bits per heavy atom. The summed E-state index contributed by atoms with van der Waals surface area (Å²) in [6, 6.07) is 12.6. The average Bonchev–Trinajstić information content (AvgIpc) is 2.54. The summed E-state index contributed by atoms with van der Waals surface area (Å²) in [4.78, 5) is 16.7. The van der Waals surface area contributed by atoms with Crippen LogP contribution < -0.4 is 4.74 Å². The van der Waals surface area contributed by atoms with Crippen molar-refractivity contribution in [3.63, 3.8) is 0 Å². The Bertz CT molecular complexity index is 611. The van der Waals surface area contributed by atoms with Crippen LogP contribution in [0.5, 0.6) is 5.75 Å². The molecule has 4 nitrogen and oxygen atoms in total. The molecule has 0 aliphatic rings. The molecule has 0 aliphatic carbocycles. The maximum atomic E-state index is 12.4. The van der Waals surface area contributed by atoms with E-state index in [0.717, 1.165) is 12.1 Å². The highest BCUT2D eigenvalue weighted by Crippen LogP contribution is 2.25. The number of hydrogen-bond acceptors (Lipinski definition) is 4. The minimum atomic E-state index is -0.366. The van der Waals surface area contributed by atoms with E-state index in [2.05, 4.69) is 18.8 Å². The smallest absolute Gasteiger partial charge is 0.338 e. The topological polar surface area (TPSA) is 48.4 Å². The fourth-order valence-corrected chi connectivity index (χ4v) is 2.17. The first kappa shape index (κ1) is 16.0. The largest absolute Gasteiger partial charge is 0.497 e. The van der Waals surface area contributed by atoms with E-state index in [1.807, 2.05) is 18.2 Å². The zero-order chi connectivity index (χ0) is 15.9. The molecule has 2 aromatic rings. The minimum Gasteiger partial charge on any atom is -0.497 e. The van der Waals surface area contributed by atoms with Crippen LogP contribution in [0, 0.1) is 5.92 Å². The molecule has 0 radical (unpaired) electrons. The number of rotatable bonds is 6. The lowest BCUT2D eigenvalue weighted by Crippen LogP contribution is -2.15. The monoisotopic (exact) mass is 299 g/mol. The van der Waals surface area contributed by atoms with Gasteiger partial charge in [-0.3, -0.25) is 4.98 Å². The number of hydrogen-bond donors (Lipinski definition) is 0. The van der Waals surface area contributed by atoms with Gasteiger partial charge in [0.15, 0.2) is 0 Å². The number of methoxy groups -OCH3 is 1. The van der Waals surface area contributed by atoms with E-state index in [9.17, 15) is 4.79 Å². The summed E-state index contributed by atoms with van der Waals surface area (Å²) in [7, 11) is 1.57. The van der Waals surface area contributed by atoms with Crippen LogP contribution in [-0.2, 0) is 4.74 Å². The molecule has 0 fully saturated rings. The predicted molar refractivity (Wildman–Crippen MR) is 84.8 cm³/mol. The van der Waals surface area contributed by atoms with Crippen molar-refractivity contribution in [2.45, 2.75) is 26.4 Å². The molecule has 1 heterocycles. The van der Waals surface area contributed by atoms with Crippen LogP contribution in [0.4, 0.5) is 0 Å². The van der Waals surface area contributed by atoms with E-state index < -0.39 is 0 Å². The molecule has 0 bridgehead atoms. The summed E-state index contributed by atoms with van der Waals surface area (Å²) < 4.78 is 10.8. The molecule has 0 aliphatic heterocycles. The van der Waals surface area contributed by atoms with E-state index in [4.69, 9.17) is 9.47 Å². The molecule has 22 heavy (non-hydrogen) atoms. The Morgan fingerprint density at radius 3 is 2.64 bits per heavy atom. The molecular weight excluding hydrogens is 278 g/mol.